The number of hydrogen-bond acceptors (Lipinski definition) is 5. The Morgan fingerprint density at radius 2 is 2.00 bits per heavy atom. The van der Waals surface area contributed by atoms with Gasteiger partial charge in [-0.1, -0.05) is 44.7 Å². The Morgan fingerprint density at radius 1 is 1.25 bits per heavy atom. The number of rotatable bonds is 9. The molecule has 0 atom stereocenters. The van der Waals surface area contributed by atoms with E-state index in [1.807, 2.05) is 12.1 Å². The summed E-state index contributed by atoms with van der Waals surface area (Å²) in [6, 6.07) is 10.3. The fourth-order valence-corrected chi connectivity index (χ4v) is 3.05. The highest BCUT2D eigenvalue weighted by molar-refractivity contribution is 7.99. The van der Waals surface area contributed by atoms with Crippen LogP contribution < -0.4 is 4.74 Å². The number of benzene rings is 1. The molecule has 128 valence electrons. The average Bonchev–Trinajstić information content (AvgIpc) is 2.95. The number of ether oxygens (including phenoxy) is 1. The summed E-state index contributed by atoms with van der Waals surface area (Å²) in [5.74, 6) is 2.87. The molecule has 5 nitrogen and oxygen atoms in total. The highest BCUT2D eigenvalue weighted by atomic mass is 32.2. The molecule has 0 bridgehead atoms. The molecule has 2 rings (SSSR count). The van der Waals surface area contributed by atoms with Crippen LogP contribution in [-0.4, -0.2) is 20.5 Å². The molecule has 0 aliphatic rings. The zero-order chi connectivity index (χ0) is 17.4. The van der Waals surface area contributed by atoms with Gasteiger partial charge in [-0.05, 0) is 30.0 Å². The molecule has 0 saturated heterocycles. The third kappa shape index (κ3) is 5.27. The van der Waals surface area contributed by atoms with Crippen molar-refractivity contribution in [3.63, 3.8) is 0 Å². The second kappa shape index (κ2) is 9.33. The Balaban J connectivity index is 2.05. The summed E-state index contributed by atoms with van der Waals surface area (Å²) in [5.41, 5.74) is 1.29. The number of thioether (sulfide) groups is 1. The molecule has 0 spiro atoms. The van der Waals surface area contributed by atoms with Crippen molar-refractivity contribution in [2.45, 2.75) is 51.9 Å². The van der Waals surface area contributed by atoms with Crippen LogP contribution in [0.3, 0.4) is 0 Å². The highest BCUT2D eigenvalue weighted by Crippen LogP contribution is 2.21. The van der Waals surface area contributed by atoms with E-state index in [1.54, 1.807) is 11.8 Å². The first kappa shape index (κ1) is 18.3. The molecule has 6 heteroatoms. The standard InChI is InChI=1S/C18H24N4OS/c1-4-15-6-8-16(9-7-15)23-13-17-20-21-18(24-11-5-10-19)22(17)12-14(2)3/h6-9,14H,4-5,11-13H2,1-3H3. The van der Waals surface area contributed by atoms with Gasteiger partial charge in [0.25, 0.3) is 0 Å². The molecule has 0 saturated carbocycles. The van der Waals surface area contributed by atoms with Gasteiger partial charge < -0.3 is 9.30 Å². The molecule has 1 aromatic heterocycles. The van der Waals surface area contributed by atoms with E-state index in [2.05, 4.69) is 53.7 Å². The molecule has 0 radical (unpaired) electrons. The molecular formula is C18H24N4OS. The van der Waals surface area contributed by atoms with Gasteiger partial charge in [0.05, 0.1) is 6.07 Å². The van der Waals surface area contributed by atoms with Crippen LogP contribution in [0.5, 0.6) is 5.75 Å². The molecule has 2 aromatic rings. The molecule has 0 unspecified atom stereocenters. The third-order valence-corrected chi connectivity index (χ3v) is 4.45. The Bertz CT molecular complexity index is 673. The van der Waals surface area contributed by atoms with E-state index in [4.69, 9.17) is 10.00 Å². The van der Waals surface area contributed by atoms with Crippen LogP contribution in [0.2, 0.25) is 0 Å². The first-order valence-electron chi connectivity index (χ1n) is 8.27. The van der Waals surface area contributed by atoms with E-state index in [1.165, 1.54) is 5.56 Å². The lowest BCUT2D eigenvalue weighted by molar-refractivity contribution is 0.284. The van der Waals surface area contributed by atoms with Crippen LogP contribution in [0.1, 0.15) is 38.6 Å². The maximum Gasteiger partial charge on any atom is 0.191 e. The summed E-state index contributed by atoms with van der Waals surface area (Å²) < 4.78 is 7.97. The maximum atomic E-state index is 8.69. The summed E-state index contributed by atoms with van der Waals surface area (Å²) in [4.78, 5) is 0. The van der Waals surface area contributed by atoms with Gasteiger partial charge in [-0.3, -0.25) is 0 Å². The summed E-state index contributed by atoms with van der Waals surface area (Å²) in [6.07, 6.45) is 1.53. The Kier molecular flexibility index (Phi) is 7.13. The van der Waals surface area contributed by atoms with Crippen LogP contribution >= 0.6 is 11.8 Å². The summed E-state index contributed by atoms with van der Waals surface area (Å²) in [5, 5.41) is 18.1. The molecule has 0 amide bonds. The molecule has 1 aromatic carbocycles. The van der Waals surface area contributed by atoms with E-state index in [0.717, 1.165) is 35.4 Å². The summed E-state index contributed by atoms with van der Waals surface area (Å²) in [7, 11) is 0. The van der Waals surface area contributed by atoms with Crippen molar-refractivity contribution in [2.75, 3.05) is 5.75 Å². The fraction of sp³-hybridized carbons (Fsp3) is 0.500. The topological polar surface area (TPSA) is 63.7 Å². The molecule has 0 aliphatic heterocycles. The van der Waals surface area contributed by atoms with E-state index < -0.39 is 0 Å². The second-order valence-corrected chi connectivity index (χ2v) is 7.01. The van der Waals surface area contributed by atoms with Crippen molar-refractivity contribution in [1.82, 2.24) is 14.8 Å². The Morgan fingerprint density at radius 3 is 2.62 bits per heavy atom. The molecule has 24 heavy (non-hydrogen) atoms. The SMILES string of the molecule is CCc1ccc(OCc2nnc(SCCC#N)n2CC(C)C)cc1. The second-order valence-electron chi connectivity index (χ2n) is 5.95. The zero-order valence-corrected chi connectivity index (χ0v) is 15.3. The van der Waals surface area contributed by atoms with Gasteiger partial charge in [-0.15, -0.1) is 10.2 Å². The number of hydrogen-bond donors (Lipinski definition) is 0. The van der Waals surface area contributed by atoms with E-state index in [0.29, 0.717) is 18.9 Å². The Hall–Kier alpha value is -2.00. The first-order chi connectivity index (χ1) is 11.6. The van der Waals surface area contributed by atoms with Crippen molar-refractivity contribution >= 4 is 11.8 Å². The fourth-order valence-electron chi connectivity index (χ4n) is 2.24. The molecule has 1 heterocycles. The quantitative estimate of drug-likeness (QED) is 0.506. The molecule has 0 aliphatic carbocycles. The molecule has 0 fully saturated rings. The van der Waals surface area contributed by atoms with Gasteiger partial charge in [-0.2, -0.15) is 5.26 Å². The van der Waals surface area contributed by atoms with E-state index >= 15 is 0 Å². The lowest BCUT2D eigenvalue weighted by Crippen LogP contribution is -2.12. The highest BCUT2D eigenvalue weighted by Gasteiger charge is 2.14. The van der Waals surface area contributed by atoms with Crippen LogP contribution in [0, 0.1) is 17.2 Å². The van der Waals surface area contributed by atoms with Crippen LogP contribution in [0.4, 0.5) is 0 Å². The van der Waals surface area contributed by atoms with Crippen LogP contribution in [0.25, 0.3) is 0 Å². The monoisotopic (exact) mass is 344 g/mol. The minimum absolute atomic E-state index is 0.393. The lowest BCUT2D eigenvalue weighted by Gasteiger charge is -2.13. The zero-order valence-electron chi connectivity index (χ0n) is 14.5. The minimum Gasteiger partial charge on any atom is -0.486 e. The van der Waals surface area contributed by atoms with Crippen molar-refractivity contribution in [2.24, 2.45) is 5.92 Å². The summed E-state index contributed by atoms with van der Waals surface area (Å²) in [6.45, 7) is 7.70. The minimum atomic E-state index is 0.393. The number of nitriles is 1. The molecule has 0 N–H and O–H groups in total. The largest absolute Gasteiger partial charge is 0.486 e. The van der Waals surface area contributed by atoms with Gasteiger partial charge in [0.2, 0.25) is 0 Å². The average molecular weight is 344 g/mol. The van der Waals surface area contributed by atoms with Gasteiger partial charge in [0.1, 0.15) is 12.4 Å². The number of aromatic nitrogens is 3. The predicted octanol–water partition coefficient (Wildman–Crippen LogP) is 4.08. The maximum absolute atomic E-state index is 8.69. The smallest absolute Gasteiger partial charge is 0.191 e. The van der Waals surface area contributed by atoms with Crippen molar-refractivity contribution in [1.29, 1.82) is 5.26 Å². The molecular weight excluding hydrogens is 320 g/mol. The number of aryl methyl sites for hydroxylation is 1. The lowest BCUT2D eigenvalue weighted by atomic mass is 10.2. The van der Waals surface area contributed by atoms with Gasteiger partial charge in [0.15, 0.2) is 11.0 Å². The first-order valence-corrected chi connectivity index (χ1v) is 9.26. The van der Waals surface area contributed by atoms with Gasteiger partial charge in [0, 0.05) is 18.7 Å². The summed E-state index contributed by atoms with van der Waals surface area (Å²) >= 11 is 1.57. The van der Waals surface area contributed by atoms with Crippen molar-refractivity contribution in [3.8, 4) is 11.8 Å². The van der Waals surface area contributed by atoms with Gasteiger partial charge >= 0.3 is 0 Å². The van der Waals surface area contributed by atoms with Crippen molar-refractivity contribution < 1.29 is 4.74 Å². The number of nitrogens with zero attached hydrogens (tertiary/aromatic N) is 4. The van der Waals surface area contributed by atoms with Crippen molar-refractivity contribution in [3.05, 3.63) is 35.7 Å². The van der Waals surface area contributed by atoms with Gasteiger partial charge in [-0.25, -0.2) is 0 Å². The third-order valence-electron chi connectivity index (χ3n) is 3.49. The van der Waals surface area contributed by atoms with E-state index in [9.17, 15) is 0 Å². The van der Waals surface area contributed by atoms with Crippen LogP contribution in [0.15, 0.2) is 29.4 Å². The van der Waals surface area contributed by atoms with Crippen LogP contribution in [-0.2, 0) is 19.6 Å². The Labute approximate surface area is 148 Å². The van der Waals surface area contributed by atoms with E-state index in [-0.39, 0.29) is 0 Å². The normalized spacial score (nSPS) is 10.8. The predicted molar refractivity (Wildman–Crippen MR) is 96.0 cm³/mol.